The van der Waals surface area contributed by atoms with Gasteiger partial charge in [-0.05, 0) is 75.2 Å². The van der Waals surface area contributed by atoms with Crippen molar-refractivity contribution in [2.45, 2.75) is 34.1 Å². The molecule has 5 heteroatoms. The molecule has 0 aliphatic carbocycles. The Morgan fingerprint density at radius 1 is 1.08 bits per heavy atom. The summed E-state index contributed by atoms with van der Waals surface area (Å²) in [5.74, 6) is -0.103. The van der Waals surface area contributed by atoms with Gasteiger partial charge in [-0.1, -0.05) is 5.16 Å². The van der Waals surface area contributed by atoms with E-state index in [-0.39, 0.29) is 12.3 Å². The number of anilines is 2. The smallest absolute Gasteiger partial charge is 0.230 e. The lowest BCUT2D eigenvalue weighted by Gasteiger charge is -2.21. The number of aromatic nitrogens is 1. The van der Waals surface area contributed by atoms with Crippen LogP contribution < -0.4 is 10.2 Å². The summed E-state index contributed by atoms with van der Waals surface area (Å²) in [6, 6.07) is 11.9. The van der Waals surface area contributed by atoms with Gasteiger partial charge in [-0.15, -0.1) is 0 Å². The monoisotopic (exact) mass is 351 g/mol. The highest BCUT2D eigenvalue weighted by atomic mass is 16.5. The Balaban J connectivity index is 1.70. The van der Waals surface area contributed by atoms with Crippen LogP contribution in [0.15, 0.2) is 40.9 Å². The molecule has 1 heterocycles. The molecule has 1 amide bonds. The summed E-state index contributed by atoms with van der Waals surface area (Å²) in [5, 5.41) is 7.91. The molecular formula is C21H25N3O2. The maximum absolute atomic E-state index is 12.4. The van der Waals surface area contributed by atoms with Crippen LogP contribution in [0.2, 0.25) is 0 Å². The minimum atomic E-state index is -0.103. The van der Waals surface area contributed by atoms with Gasteiger partial charge in [0.2, 0.25) is 5.91 Å². The number of aryl methyl sites for hydroxylation is 2. The summed E-state index contributed by atoms with van der Waals surface area (Å²) >= 11 is 0. The maximum atomic E-state index is 12.4. The van der Waals surface area contributed by atoms with Gasteiger partial charge in [0.05, 0.1) is 6.42 Å². The van der Waals surface area contributed by atoms with Gasteiger partial charge < -0.3 is 14.7 Å². The number of nitrogens with one attached hydrogen (secondary N) is 1. The zero-order valence-electron chi connectivity index (χ0n) is 15.8. The van der Waals surface area contributed by atoms with Crippen LogP contribution >= 0.6 is 0 Å². The molecule has 0 radical (unpaired) electrons. The maximum Gasteiger partial charge on any atom is 0.230 e. The lowest BCUT2D eigenvalue weighted by molar-refractivity contribution is -0.115. The molecule has 3 aromatic rings. The zero-order chi connectivity index (χ0) is 18.7. The number of rotatable bonds is 6. The molecule has 0 aliphatic rings. The normalized spacial score (nSPS) is 10.9. The van der Waals surface area contributed by atoms with Crippen molar-refractivity contribution in [3.63, 3.8) is 0 Å². The number of hydrogen-bond acceptors (Lipinski definition) is 4. The van der Waals surface area contributed by atoms with Crippen LogP contribution in [0.25, 0.3) is 11.0 Å². The first kappa shape index (κ1) is 18.0. The molecule has 0 saturated heterocycles. The van der Waals surface area contributed by atoms with E-state index in [1.165, 1.54) is 0 Å². The number of benzene rings is 2. The summed E-state index contributed by atoms with van der Waals surface area (Å²) in [7, 11) is 0. The second-order valence-corrected chi connectivity index (χ2v) is 6.51. The van der Waals surface area contributed by atoms with E-state index in [0.29, 0.717) is 5.69 Å². The third kappa shape index (κ3) is 3.72. The first-order valence-electron chi connectivity index (χ1n) is 9.02. The summed E-state index contributed by atoms with van der Waals surface area (Å²) in [6.07, 6.45) is 0.188. The molecule has 5 nitrogen and oxygen atoms in total. The summed E-state index contributed by atoms with van der Waals surface area (Å²) < 4.78 is 5.37. The highest BCUT2D eigenvalue weighted by molar-refractivity contribution is 5.95. The molecule has 0 bridgehead atoms. The lowest BCUT2D eigenvalue weighted by atomic mass is 10.1. The van der Waals surface area contributed by atoms with E-state index in [2.05, 4.69) is 29.2 Å². The van der Waals surface area contributed by atoms with Crippen molar-refractivity contribution in [3.05, 3.63) is 53.2 Å². The number of carbonyl (C=O) groups is 1. The molecule has 1 aromatic heterocycles. The molecule has 0 spiro atoms. The van der Waals surface area contributed by atoms with Crippen LogP contribution in [0.4, 0.5) is 11.4 Å². The highest BCUT2D eigenvalue weighted by Crippen LogP contribution is 2.23. The third-order valence-corrected chi connectivity index (χ3v) is 4.77. The van der Waals surface area contributed by atoms with Crippen LogP contribution in [0.3, 0.4) is 0 Å². The van der Waals surface area contributed by atoms with Gasteiger partial charge in [-0.25, -0.2) is 0 Å². The first-order valence-corrected chi connectivity index (χ1v) is 9.02. The number of nitrogens with zero attached hydrogens (tertiary/aromatic N) is 2. The van der Waals surface area contributed by atoms with E-state index < -0.39 is 0 Å². The Kier molecular flexibility index (Phi) is 5.26. The quantitative estimate of drug-likeness (QED) is 0.712. The highest BCUT2D eigenvalue weighted by Gasteiger charge is 2.14. The van der Waals surface area contributed by atoms with Gasteiger partial charge in [0.25, 0.3) is 0 Å². The largest absolute Gasteiger partial charge is 0.372 e. The van der Waals surface area contributed by atoms with Crippen LogP contribution in [-0.4, -0.2) is 24.2 Å². The third-order valence-electron chi connectivity index (χ3n) is 4.77. The molecule has 2 aromatic carbocycles. The lowest BCUT2D eigenvalue weighted by Crippen LogP contribution is -2.21. The minimum absolute atomic E-state index is 0.103. The molecule has 0 aliphatic heterocycles. The molecule has 3 rings (SSSR count). The topological polar surface area (TPSA) is 58.4 Å². The second kappa shape index (κ2) is 7.60. The fourth-order valence-electron chi connectivity index (χ4n) is 3.07. The van der Waals surface area contributed by atoms with Crippen molar-refractivity contribution in [2.24, 2.45) is 0 Å². The van der Waals surface area contributed by atoms with E-state index >= 15 is 0 Å². The van der Waals surface area contributed by atoms with E-state index in [4.69, 9.17) is 4.52 Å². The van der Waals surface area contributed by atoms with Gasteiger partial charge >= 0.3 is 0 Å². The SMILES string of the molecule is CCN(CC)c1ccc(NC(=O)Cc2noc3cc(C)c(C)cc23)cc1. The van der Waals surface area contributed by atoms with Crippen molar-refractivity contribution in [1.82, 2.24) is 5.16 Å². The number of fused-ring (bicyclic) bond motifs is 1. The second-order valence-electron chi connectivity index (χ2n) is 6.51. The van der Waals surface area contributed by atoms with E-state index in [1.807, 2.05) is 50.2 Å². The van der Waals surface area contributed by atoms with Crippen molar-refractivity contribution < 1.29 is 9.32 Å². The van der Waals surface area contributed by atoms with E-state index in [9.17, 15) is 4.79 Å². The van der Waals surface area contributed by atoms with Crippen molar-refractivity contribution >= 4 is 28.3 Å². The number of carbonyl (C=O) groups excluding carboxylic acids is 1. The summed E-state index contributed by atoms with van der Waals surface area (Å²) in [6.45, 7) is 10.3. The van der Waals surface area contributed by atoms with Crippen LogP contribution in [-0.2, 0) is 11.2 Å². The van der Waals surface area contributed by atoms with Gasteiger partial charge in [-0.2, -0.15) is 0 Å². The van der Waals surface area contributed by atoms with Gasteiger partial charge in [0, 0.05) is 29.9 Å². The summed E-state index contributed by atoms with van der Waals surface area (Å²) in [4.78, 5) is 14.7. The first-order chi connectivity index (χ1) is 12.5. The predicted molar refractivity (Wildman–Crippen MR) is 106 cm³/mol. The van der Waals surface area contributed by atoms with Crippen LogP contribution in [0, 0.1) is 13.8 Å². The molecule has 0 fully saturated rings. The van der Waals surface area contributed by atoms with Crippen LogP contribution in [0.1, 0.15) is 30.7 Å². The molecule has 0 saturated carbocycles. The fraction of sp³-hybridized carbons (Fsp3) is 0.333. The minimum Gasteiger partial charge on any atom is -0.372 e. The predicted octanol–water partition coefficient (Wildman–Crippen LogP) is 4.47. The molecule has 136 valence electrons. The standard InChI is InChI=1S/C21H25N3O2/c1-5-24(6-2)17-9-7-16(8-10-17)22-21(25)13-19-18-11-14(3)15(4)12-20(18)26-23-19/h7-12H,5-6,13H2,1-4H3,(H,22,25). The van der Waals surface area contributed by atoms with Crippen molar-refractivity contribution in [1.29, 1.82) is 0 Å². The molecule has 26 heavy (non-hydrogen) atoms. The van der Waals surface area contributed by atoms with Gasteiger partial charge in [0.1, 0.15) is 5.69 Å². The summed E-state index contributed by atoms with van der Waals surface area (Å²) in [5.41, 5.74) is 5.64. The fourth-order valence-corrected chi connectivity index (χ4v) is 3.07. The zero-order valence-corrected chi connectivity index (χ0v) is 15.8. The molecular weight excluding hydrogens is 326 g/mol. The Morgan fingerprint density at radius 2 is 1.73 bits per heavy atom. The number of amides is 1. The van der Waals surface area contributed by atoms with Gasteiger partial charge in [0.15, 0.2) is 5.58 Å². The average Bonchev–Trinajstić information content (AvgIpc) is 2.99. The molecule has 0 atom stereocenters. The average molecular weight is 351 g/mol. The molecule has 1 N–H and O–H groups in total. The Labute approximate surface area is 154 Å². The van der Waals surface area contributed by atoms with Crippen molar-refractivity contribution in [3.8, 4) is 0 Å². The van der Waals surface area contributed by atoms with Crippen LogP contribution in [0.5, 0.6) is 0 Å². The Morgan fingerprint density at radius 3 is 2.38 bits per heavy atom. The molecule has 0 unspecified atom stereocenters. The number of hydrogen-bond donors (Lipinski definition) is 1. The van der Waals surface area contributed by atoms with E-state index in [1.54, 1.807) is 0 Å². The van der Waals surface area contributed by atoms with E-state index in [0.717, 1.165) is 46.6 Å². The van der Waals surface area contributed by atoms with Gasteiger partial charge in [-0.3, -0.25) is 4.79 Å². The Bertz CT molecular complexity index is 909. The van der Waals surface area contributed by atoms with Crippen molar-refractivity contribution in [2.75, 3.05) is 23.3 Å². The Hall–Kier alpha value is -2.82.